The van der Waals surface area contributed by atoms with Gasteiger partial charge in [-0.1, -0.05) is 11.6 Å². The van der Waals surface area contributed by atoms with Crippen molar-refractivity contribution in [2.24, 2.45) is 5.73 Å². The van der Waals surface area contributed by atoms with Gasteiger partial charge >= 0.3 is 0 Å². The van der Waals surface area contributed by atoms with Gasteiger partial charge in [-0.3, -0.25) is 4.79 Å². The fraction of sp³-hybridized carbons (Fsp3) is 0.414. The van der Waals surface area contributed by atoms with E-state index in [0.29, 0.717) is 44.6 Å². The molecule has 11 nitrogen and oxygen atoms in total. The highest BCUT2D eigenvalue weighted by Gasteiger charge is 2.25. The van der Waals surface area contributed by atoms with Crippen LogP contribution in [0.15, 0.2) is 48.9 Å². The Morgan fingerprint density at radius 2 is 2.02 bits per heavy atom. The van der Waals surface area contributed by atoms with E-state index in [-0.39, 0.29) is 22.8 Å². The van der Waals surface area contributed by atoms with Crippen molar-refractivity contribution in [2.45, 2.75) is 58.6 Å². The van der Waals surface area contributed by atoms with Gasteiger partial charge in [0.15, 0.2) is 12.1 Å². The molecule has 0 unspecified atom stereocenters. The van der Waals surface area contributed by atoms with Crippen LogP contribution in [0, 0.1) is 5.82 Å². The first-order valence-corrected chi connectivity index (χ1v) is 14.3. The number of amides is 1. The smallest absolute Gasteiger partial charge is 0.268 e. The van der Waals surface area contributed by atoms with Crippen LogP contribution in [0.4, 0.5) is 4.39 Å². The molecule has 5 rings (SSSR count). The number of aromatic nitrogens is 4. The zero-order valence-corrected chi connectivity index (χ0v) is 24.4. The molecule has 0 spiro atoms. The van der Waals surface area contributed by atoms with E-state index >= 15 is 0 Å². The Labute approximate surface area is 247 Å². The largest absolute Gasteiger partial charge is 0.393 e. The normalized spacial score (nSPS) is 13.9. The van der Waals surface area contributed by atoms with Gasteiger partial charge in [0.25, 0.3) is 5.91 Å². The maximum atomic E-state index is 14.4. The lowest BCUT2D eigenvalue weighted by atomic mass is 10.1. The van der Waals surface area contributed by atoms with E-state index in [2.05, 4.69) is 27.9 Å². The predicted octanol–water partition coefficient (Wildman–Crippen LogP) is 3.77. The molecule has 224 valence electrons. The minimum Gasteiger partial charge on any atom is -0.393 e. The number of nitrogens with zero attached hydrogens (tertiary/aromatic N) is 4. The third-order valence-electron chi connectivity index (χ3n) is 6.85. The van der Waals surface area contributed by atoms with Crippen molar-refractivity contribution in [3.8, 4) is 0 Å². The zero-order chi connectivity index (χ0) is 29.6. The monoisotopic (exact) mass is 599 g/mol. The molecule has 1 amide bonds. The van der Waals surface area contributed by atoms with Gasteiger partial charge in [0.05, 0.1) is 49.0 Å². The second kappa shape index (κ2) is 13.5. The van der Waals surface area contributed by atoms with Gasteiger partial charge in [-0.2, -0.15) is 0 Å². The number of imidazole rings is 2. The molecule has 0 aliphatic heterocycles. The quantitative estimate of drug-likeness (QED) is 0.139. The van der Waals surface area contributed by atoms with Crippen molar-refractivity contribution < 1.29 is 23.4 Å². The van der Waals surface area contributed by atoms with E-state index in [9.17, 15) is 9.18 Å². The molecule has 0 saturated heterocycles. The first-order chi connectivity index (χ1) is 20.4. The molecular formula is C29H35ClFN7O4. The summed E-state index contributed by atoms with van der Waals surface area (Å²) in [4.78, 5) is 21.5. The summed E-state index contributed by atoms with van der Waals surface area (Å²) in [5.41, 5.74) is 10.3. The van der Waals surface area contributed by atoms with E-state index in [1.54, 1.807) is 6.20 Å². The lowest BCUT2D eigenvalue weighted by molar-refractivity contribution is -0.169. The van der Waals surface area contributed by atoms with Crippen molar-refractivity contribution in [1.29, 1.82) is 0 Å². The van der Waals surface area contributed by atoms with E-state index in [0.717, 1.165) is 16.9 Å². The van der Waals surface area contributed by atoms with E-state index in [1.807, 2.05) is 24.4 Å². The van der Waals surface area contributed by atoms with Crippen molar-refractivity contribution in [3.05, 3.63) is 82.3 Å². The van der Waals surface area contributed by atoms with E-state index in [4.69, 9.17) is 36.5 Å². The van der Waals surface area contributed by atoms with Crippen LogP contribution in [-0.2, 0) is 38.7 Å². The molecular weight excluding hydrogens is 565 g/mol. The van der Waals surface area contributed by atoms with Gasteiger partial charge in [0.1, 0.15) is 16.9 Å². The Morgan fingerprint density at radius 1 is 1.24 bits per heavy atom. The number of halogens is 2. The van der Waals surface area contributed by atoms with Crippen LogP contribution in [0.2, 0.25) is 5.02 Å². The fourth-order valence-electron chi connectivity index (χ4n) is 4.67. The number of pyridine rings is 2. The highest BCUT2D eigenvalue weighted by atomic mass is 35.5. The van der Waals surface area contributed by atoms with Crippen LogP contribution >= 0.6 is 11.6 Å². The van der Waals surface area contributed by atoms with Crippen molar-refractivity contribution in [2.75, 3.05) is 19.8 Å². The van der Waals surface area contributed by atoms with Gasteiger partial charge in [-0.25, -0.2) is 14.4 Å². The average molecular weight is 600 g/mol. The molecule has 1 aliphatic rings. The number of ether oxygens (including phenoxy) is 3. The zero-order valence-electron chi connectivity index (χ0n) is 23.6. The molecule has 0 atom stereocenters. The van der Waals surface area contributed by atoms with Crippen molar-refractivity contribution in [1.82, 2.24) is 29.4 Å². The summed E-state index contributed by atoms with van der Waals surface area (Å²) in [5.74, 6) is -0.559. The minimum atomic E-state index is -0.599. The van der Waals surface area contributed by atoms with Gasteiger partial charge in [0.2, 0.25) is 0 Å². The van der Waals surface area contributed by atoms with Crippen molar-refractivity contribution >= 4 is 28.7 Å². The van der Waals surface area contributed by atoms with Crippen LogP contribution in [-0.4, -0.2) is 50.8 Å². The summed E-state index contributed by atoms with van der Waals surface area (Å²) in [5, 5.41) is 5.69. The molecule has 0 aromatic carbocycles. The molecule has 0 radical (unpaired) electrons. The molecule has 4 heterocycles. The van der Waals surface area contributed by atoms with Crippen LogP contribution < -0.4 is 16.4 Å². The molecule has 0 bridgehead atoms. The summed E-state index contributed by atoms with van der Waals surface area (Å²) in [6, 6.07) is 3.60. The first kappa shape index (κ1) is 29.8. The maximum absolute atomic E-state index is 14.4. The molecule has 4 aromatic rings. The molecule has 1 aliphatic carbocycles. The fourth-order valence-corrected chi connectivity index (χ4v) is 4.81. The lowest BCUT2D eigenvalue weighted by Crippen LogP contribution is -2.29. The molecule has 4 N–H and O–H groups in total. The predicted molar refractivity (Wildman–Crippen MR) is 155 cm³/mol. The third-order valence-corrected chi connectivity index (χ3v) is 7.14. The Kier molecular flexibility index (Phi) is 9.58. The van der Waals surface area contributed by atoms with Gasteiger partial charge in [0, 0.05) is 43.6 Å². The molecule has 42 heavy (non-hydrogen) atoms. The minimum absolute atomic E-state index is 0.0162. The number of hydrogen-bond donors (Lipinski definition) is 3. The summed E-state index contributed by atoms with van der Waals surface area (Å²) < 4.78 is 35.1. The highest BCUT2D eigenvalue weighted by molar-refractivity contribution is 6.31. The van der Waals surface area contributed by atoms with Gasteiger partial charge in [-0.15, -0.1) is 0 Å². The van der Waals surface area contributed by atoms with Crippen LogP contribution in [0.5, 0.6) is 0 Å². The topological polar surface area (TPSA) is 129 Å². The van der Waals surface area contributed by atoms with Crippen molar-refractivity contribution in [3.63, 3.8) is 0 Å². The SMILES string of the molecule is CCOC(COCc1cc(C2CC2)cn2cc(CN/C=C(\N)C(=O)NCc3ncn4ccc(Cl)c(F)c34)nc12)OCC. The van der Waals surface area contributed by atoms with E-state index in [1.165, 1.54) is 41.4 Å². The first-order valence-electron chi connectivity index (χ1n) is 14.0. The average Bonchev–Trinajstić information content (AvgIpc) is 3.62. The highest BCUT2D eigenvalue weighted by Crippen LogP contribution is 2.40. The summed E-state index contributed by atoms with van der Waals surface area (Å²) >= 11 is 5.89. The number of fused-ring (bicyclic) bond motifs is 2. The van der Waals surface area contributed by atoms with Crippen LogP contribution in [0.1, 0.15) is 55.1 Å². The molecule has 1 fully saturated rings. The second-order valence-corrected chi connectivity index (χ2v) is 10.4. The van der Waals surface area contributed by atoms with Gasteiger partial charge in [-0.05, 0) is 50.3 Å². The molecule has 1 saturated carbocycles. The molecule has 13 heteroatoms. The lowest BCUT2D eigenvalue weighted by Gasteiger charge is -2.17. The number of nitrogens with one attached hydrogen (secondary N) is 2. The number of hydrogen-bond acceptors (Lipinski definition) is 8. The Morgan fingerprint density at radius 3 is 2.76 bits per heavy atom. The van der Waals surface area contributed by atoms with Crippen LogP contribution in [0.25, 0.3) is 11.2 Å². The summed E-state index contributed by atoms with van der Waals surface area (Å²) in [6.07, 6.45) is 10.5. The third kappa shape index (κ3) is 7.01. The summed E-state index contributed by atoms with van der Waals surface area (Å²) in [6.45, 7) is 5.96. The Balaban J connectivity index is 1.20. The number of nitrogens with two attached hydrogens (primary N) is 1. The maximum Gasteiger partial charge on any atom is 0.268 e. The van der Waals surface area contributed by atoms with E-state index < -0.39 is 18.0 Å². The number of rotatable bonds is 15. The van der Waals surface area contributed by atoms with Crippen LogP contribution in [0.3, 0.4) is 0 Å². The number of carbonyl (C=O) groups excluding carboxylic acids is 1. The molecule has 4 aromatic heterocycles. The second-order valence-electron chi connectivity index (χ2n) is 9.98. The number of carbonyl (C=O) groups is 1. The standard InChI is InChI=1S/C29H35ClFN7O4/c1-3-41-25(42-4-2)16-40-15-20-9-19(18-5-6-18)13-38-14-21(36-28(20)38)10-33-11-23(32)29(39)34-12-24-27-26(31)22(30)7-8-37(27)17-35-24/h7-9,11,13-14,17-18,25,33H,3-6,10,12,15-16,32H2,1-2H3,(H,34,39)/b23-11-. The Bertz CT molecular complexity index is 1580. The Hall–Kier alpha value is -3.71. The van der Waals surface area contributed by atoms with Gasteiger partial charge < -0.3 is 39.4 Å². The summed E-state index contributed by atoms with van der Waals surface area (Å²) in [7, 11) is 0.